The van der Waals surface area contributed by atoms with Gasteiger partial charge in [-0.3, -0.25) is 4.79 Å². The molecule has 1 unspecified atom stereocenters. The van der Waals surface area contributed by atoms with Gasteiger partial charge in [0.15, 0.2) is 11.5 Å². The summed E-state index contributed by atoms with van der Waals surface area (Å²) in [5.74, 6) is 1.58. The highest BCUT2D eigenvalue weighted by Gasteiger charge is 2.35. The molecule has 5 rings (SSSR count). The lowest BCUT2D eigenvalue weighted by Crippen LogP contribution is -2.25. The van der Waals surface area contributed by atoms with E-state index in [1.165, 1.54) is 11.0 Å². The summed E-state index contributed by atoms with van der Waals surface area (Å²) in [7, 11) is 0. The SMILES string of the molecule is CCOc1ccccc1OCCn1c(C2CC(=O)N(c3ccccc3F)C2)nc2ccccc21. The third kappa shape index (κ3) is 4.21. The zero-order valence-electron chi connectivity index (χ0n) is 19.0. The number of hydrogen-bond acceptors (Lipinski definition) is 4. The highest BCUT2D eigenvalue weighted by Crippen LogP contribution is 2.34. The Labute approximate surface area is 197 Å². The summed E-state index contributed by atoms with van der Waals surface area (Å²) in [6.45, 7) is 3.85. The maximum atomic E-state index is 14.4. The number of fused-ring (bicyclic) bond motifs is 1. The van der Waals surface area contributed by atoms with Gasteiger partial charge in [0.2, 0.25) is 5.91 Å². The second-order valence-electron chi connectivity index (χ2n) is 8.20. The van der Waals surface area contributed by atoms with Crippen LogP contribution >= 0.6 is 0 Å². The van der Waals surface area contributed by atoms with Crippen LogP contribution in [0.4, 0.5) is 10.1 Å². The molecule has 0 N–H and O–H groups in total. The molecule has 2 heterocycles. The minimum absolute atomic E-state index is 0.101. The lowest BCUT2D eigenvalue weighted by molar-refractivity contribution is -0.117. The average molecular weight is 460 g/mol. The highest BCUT2D eigenvalue weighted by molar-refractivity contribution is 5.96. The van der Waals surface area contributed by atoms with Gasteiger partial charge in [0, 0.05) is 18.9 Å². The zero-order valence-corrected chi connectivity index (χ0v) is 19.0. The molecule has 1 aromatic heterocycles. The van der Waals surface area contributed by atoms with Gasteiger partial charge in [-0.1, -0.05) is 36.4 Å². The molecule has 1 fully saturated rings. The molecule has 0 radical (unpaired) electrons. The van der Waals surface area contributed by atoms with E-state index in [9.17, 15) is 9.18 Å². The molecule has 0 saturated carbocycles. The quantitative estimate of drug-likeness (QED) is 0.365. The van der Waals surface area contributed by atoms with E-state index in [4.69, 9.17) is 14.5 Å². The summed E-state index contributed by atoms with van der Waals surface area (Å²) in [6.07, 6.45) is 0.283. The Kier molecular flexibility index (Phi) is 6.16. The van der Waals surface area contributed by atoms with Crippen LogP contribution in [0.1, 0.15) is 25.1 Å². The van der Waals surface area contributed by atoms with Crippen LogP contribution in [0.25, 0.3) is 11.0 Å². The van der Waals surface area contributed by atoms with Crippen LogP contribution < -0.4 is 14.4 Å². The van der Waals surface area contributed by atoms with Crippen molar-refractivity contribution in [2.75, 3.05) is 24.7 Å². The molecule has 0 aliphatic carbocycles. The standard InChI is InChI=1S/C27H26FN3O3/c1-2-33-24-13-7-8-14-25(24)34-16-15-30-23-12-6-4-10-21(23)29-27(30)19-17-26(32)31(18-19)22-11-5-3-9-20(22)28/h3-14,19H,2,15-18H2,1H3. The van der Waals surface area contributed by atoms with Gasteiger partial charge in [-0.15, -0.1) is 0 Å². The van der Waals surface area contributed by atoms with Gasteiger partial charge >= 0.3 is 0 Å². The Morgan fingerprint density at radius 2 is 1.68 bits per heavy atom. The van der Waals surface area contributed by atoms with E-state index >= 15 is 0 Å². The number of carbonyl (C=O) groups is 1. The number of amides is 1. The van der Waals surface area contributed by atoms with Gasteiger partial charge in [0.1, 0.15) is 18.2 Å². The summed E-state index contributed by atoms with van der Waals surface area (Å²) >= 11 is 0. The van der Waals surface area contributed by atoms with Crippen LogP contribution in [0.5, 0.6) is 11.5 Å². The van der Waals surface area contributed by atoms with Gasteiger partial charge in [0.05, 0.1) is 29.9 Å². The van der Waals surface area contributed by atoms with E-state index in [1.807, 2.05) is 55.5 Å². The van der Waals surface area contributed by atoms with Gasteiger partial charge in [-0.25, -0.2) is 9.37 Å². The number of hydrogen-bond donors (Lipinski definition) is 0. The van der Waals surface area contributed by atoms with Crippen molar-refractivity contribution in [1.29, 1.82) is 0 Å². The van der Waals surface area contributed by atoms with Crippen LogP contribution in [0.3, 0.4) is 0 Å². The molecular weight excluding hydrogens is 433 g/mol. The Morgan fingerprint density at radius 3 is 2.47 bits per heavy atom. The van der Waals surface area contributed by atoms with Gasteiger partial charge in [-0.2, -0.15) is 0 Å². The van der Waals surface area contributed by atoms with Crippen molar-refractivity contribution >= 4 is 22.6 Å². The number of para-hydroxylation sites is 5. The highest BCUT2D eigenvalue weighted by atomic mass is 19.1. The monoisotopic (exact) mass is 459 g/mol. The molecule has 0 bridgehead atoms. The molecule has 3 aromatic carbocycles. The van der Waals surface area contributed by atoms with Crippen LogP contribution in [-0.2, 0) is 11.3 Å². The predicted molar refractivity (Wildman–Crippen MR) is 129 cm³/mol. The number of benzene rings is 3. The molecule has 1 amide bonds. The van der Waals surface area contributed by atoms with Crippen LogP contribution in [0.15, 0.2) is 72.8 Å². The predicted octanol–water partition coefficient (Wildman–Crippen LogP) is 5.17. The van der Waals surface area contributed by atoms with Crippen molar-refractivity contribution in [3.8, 4) is 11.5 Å². The molecule has 7 heteroatoms. The lowest BCUT2D eigenvalue weighted by atomic mass is 10.1. The number of anilines is 1. The van der Waals surface area contributed by atoms with Gasteiger partial charge < -0.3 is 18.9 Å². The third-order valence-electron chi connectivity index (χ3n) is 6.04. The fourth-order valence-corrected chi connectivity index (χ4v) is 4.52. The van der Waals surface area contributed by atoms with E-state index in [1.54, 1.807) is 18.2 Å². The Balaban J connectivity index is 1.40. The van der Waals surface area contributed by atoms with E-state index in [-0.39, 0.29) is 18.2 Å². The second-order valence-corrected chi connectivity index (χ2v) is 8.20. The first-order valence-corrected chi connectivity index (χ1v) is 11.5. The molecule has 1 aliphatic rings. The second kappa shape index (κ2) is 9.55. The summed E-state index contributed by atoms with van der Waals surface area (Å²) in [5, 5.41) is 0. The van der Waals surface area contributed by atoms with Gasteiger partial charge in [0.25, 0.3) is 0 Å². The number of aromatic nitrogens is 2. The lowest BCUT2D eigenvalue weighted by Gasteiger charge is -2.18. The van der Waals surface area contributed by atoms with Crippen LogP contribution in [0, 0.1) is 5.82 Å². The number of nitrogens with zero attached hydrogens (tertiary/aromatic N) is 3. The topological polar surface area (TPSA) is 56.6 Å². The molecule has 0 spiro atoms. The summed E-state index contributed by atoms with van der Waals surface area (Å²) in [4.78, 5) is 19.2. The summed E-state index contributed by atoms with van der Waals surface area (Å²) < 4.78 is 28.2. The molecule has 1 aliphatic heterocycles. The Morgan fingerprint density at radius 1 is 0.971 bits per heavy atom. The van der Waals surface area contributed by atoms with Crippen molar-refractivity contribution in [3.05, 3.63) is 84.4 Å². The maximum absolute atomic E-state index is 14.4. The maximum Gasteiger partial charge on any atom is 0.227 e. The summed E-state index contributed by atoms with van der Waals surface area (Å²) in [6, 6.07) is 21.9. The molecule has 1 atom stereocenters. The van der Waals surface area contributed by atoms with Crippen LogP contribution in [-0.4, -0.2) is 35.2 Å². The Bertz CT molecular complexity index is 1320. The number of carbonyl (C=O) groups excluding carboxylic acids is 1. The molecule has 1 saturated heterocycles. The molecule has 174 valence electrons. The number of ether oxygens (including phenoxy) is 2. The smallest absolute Gasteiger partial charge is 0.227 e. The van der Waals surface area contributed by atoms with Crippen molar-refractivity contribution in [2.45, 2.75) is 25.8 Å². The third-order valence-corrected chi connectivity index (χ3v) is 6.04. The van der Waals surface area contributed by atoms with E-state index in [0.29, 0.717) is 43.5 Å². The first-order valence-electron chi connectivity index (χ1n) is 11.5. The molecular formula is C27H26FN3O3. The molecule has 34 heavy (non-hydrogen) atoms. The van der Waals surface area contributed by atoms with Crippen LogP contribution in [0.2, 0.25) is 0 Å². The van der Waals surface area contributed by atoms with Crippen molar-refractivity contribution < 1.29 is 18.7 Å². The van der Waals surface area contributed by atoms with Crippen molar-refractivity contribution in [2.24, 2.45) is 0 Å². The summed E-state index contributed by atoms with van der Waals surface area (Å²) in [5.41, 5.74) is 2.16. The largest absolute Gasteiger partial charge is 0.490 e. The first kappa shape index (κ1) is 21.9. The first-order chi connectivity index (χ1) is 16.7. The number of halogens is 1. The average Bonchev–Trinajstić information content (AvgIpc) is 3.41. The van der Waals surface area contributed by atoms with E-state index < -0.39 is 5.82 Å². The Hall–Kier alpha value is -3.87. The zero-order chi connectivity index (χ0) is 23.5. The minimum Gasteiger partial charge on any atom is -0.490 e. The fourth-order valence-electron chi connectivity index (χ4n) is 4.52. The molecule has 6 nitrogen and oxygen atoms in total. The van der Waals surface area contributed by atoms with Gasteiger partial charge in [-0.05, 0) is 43.3 Å². The number of rotatable bonds is 8. The van der Waals surface area contributed by atoms with E-state index in [2.05, 4.69) is 4.57 Å². The number of imidazole rings is 1. The van der Waals surface area contributed by atoms with Crippen molar-refractivity contribution in [3.63, 3.8) is 0 Å². The van der Waals surface area contributed by atoms with Crippen molar-refractivity contribution in [1.82, 2.24) is 9.55 Å². The molecule has 4 aromatic rings. The fraction of sp³-hybridized carbons (Fsp3) is 0.259. The van der Waals surface area contributed by atoms with E-state index in [0.717, 1.165) is 16.9 Å². The normalized spacial score (nSPS) is 15.8. The minimum atomic E-state index is -0.397.